The van der Waals surface area contributed by atoms with Gasteiger partial charge in [0.2, 0.25) is 0 Å². The van der Waals surface area contributed by atoms with E-state index in [9.17, 15) is 0 Å². The molecule has 1 aromatic carbocycles. The highest BCUT2D eigenvalue weighted by atomic mass is 15.2. The fourth-order valence-electron chi connectivity index (χ4n) is 4.17. The molecule has 1 saturated carbocycles. The molecule has 0 aliphatic heterocycles. The third-order valence-electron chi connectivity index (χ3n) is 5.99. The molecule has 2 heterocycles. The molecule has 0 atom stereocenters. The lowest BCUT2D eigenvalue weighted by atomic mass is 9.80. The SMILES string of the molecule is C[NH+](C)C1(CNc2nc(-c3cccnc3)nc3ccccc23)CCCCC1. The van der Waals surface area contributed by atoms with E-state index in [2.05, 4.69) is 36.5 Å². The van der Waals surface area contributed by atoms with E-state index >= 15 is 0 Å². The Kier molecular flexibility index (Phi) is 5.03. The van der Waals surface area contributed by atoms with E-state index in [0.29, 0.717) is 0 Å². The summed E-state index contributed by atoms with van der Waals surface area (Å²) in [6.07, 6.45) is 10.1. The molecule has 0 unspecified atom stereocenters. The number of pyridine rings is 1. The lowest BCUT2D eigenvalue weighted by Gasteiger charge is -2.40. The van der Waals surface area contributed by atoms with Gasteiger partial charge in [0.05, 0.1) is 26.2 Å². The van der Waals surface area contributed by atoms with Gasteiger partial charge in [-0.15, -0.1) is 0 Å². The molecule has 5 nitrogen and oxygen atoms in total. The minimum absolute atomic E-state index is 0.277. The Labute approximate surface area is 160 Å². The molecule has 140 valence electrons. The second kappa shape index (κ2) is 7.61. The molecule has 0 spiro atoms. The Morgan fingerprint density at radius 2 is 1.81 bits per heavy atom. The Bertz CT molecular complexity index is 901. The highest BCUT2D eigenvalue weighted by Crippen LogP contribution is 2.28. The smallest absolute Gasteiger partial charge is 0.163 e. The number of nitrogens with one attached hydrogen (secondary N) is 2. The summed E-state index contributed by atoms with van der Waals surface area (Å²) in [5.41, 5.74) is 2.18. The summed E-state index contributed by atoms with van der Waals surface area (Å²) in [6, 6.07) is 12.2. The average molecular weight is 363 g/mol. The molecule has 1 aliphatic carbocycles. The zero-order valence-electron chi connectivity index (χ0n) is 16.2. The summed E-state index contributed by atoms with van der Waals surface area (Å²) in [5.74, 6) is 1.64. The first-order valence-electron chi connectivity index (χ1n) is 9.90. The number of quaternary nitrogens is 1. The second-order valence-electron chi connectivity index (χ2n) is 7.85. The van der Waals surface area contributed by atoms with Crippen LogP contribution in [0.15, 0.2) is 48.8 Å². The molecule has 0 amide bonds. The van der Waals surface area contributed by atoms with E-state index in [1.807, 2.05) is 30.5 Å². The highest BCUT2D eigenvalue weighted by molar-refractivity contribution is 5.90. The average Bonchev–Trinajstić information content (AvgIpc) is 2.73. The monoisotopic (exact) mass is 362 g/mol. The minimum atomic E-state index is 0.277. The number of benzene rings is 1. The maximum absolute atomic E-state index is 4.87. The number of fused-ring (bicyclic) bond motifs is 1. The van der Waals surface area contributed by atoms with Crippen molar-refractivity contribution in [3.05, 3.63) is 48.8 Å². The van der Waals surface area contributed by atoms with Crippen molar-refractivity contribution in [3.8, 4) is 11.4 Å². The van der Waals surface area contributed by atoms with Gasteiger partial charge in [0, 0.05) is 36.2 Å². The van der Waals surface area contributed by atoms with Crippen molar-refractivity contribution in [2.75, 3.05) is 26.0 Å². The van der Waals surface area contributed by atoms with Crippen LogP contribution in [-0.4, -0.2) is 41.1 Å². The van der Waals surface area contributed by atoms with Crippen LogP contribution in [0.25, 0.3) is 22.3 Å². The second-order valence-corrected chi connectivity index (χ2v) is 7.85. The number of hydrogen-bond donors (Lipinski definition) is 2. The minimum Gasteiger partial charge on any atom is -0.363 e. The molecule has 0 radical (unpaired) electrons. The van der Waals surface area contributed by atoms with Gasteiger partial charge in [0.15, 0.2) is 5.82 Å². The van der Waals surface area contributed by atoms with E-state index in [-0.39, 0.29) is 5.54 Å². The predicted octanol–water partition coefficient (Wildman–Crippen LogP) is 2.95. The summed E-state index contributed by atoms with van der Waals surface area (Å²) >= 11 is 0. The third kappa shape index (κ3) is 3.65. The fourth-order valence-corrected chi connectivity index (χ4v) is 4.17. The molecule has 2 aromatic heterocycles. The van der Waals surface area contributed by atoms with Crippen molar-refractivity contribution in [2.45, 2.75) is 37.6 Å². The van der Waals surface area contributed by atoms with Crippen LogP contribution in [0.2, 0.25) is 0 Å². The van der Waals surface area contributed by atoms with Crippen LogP contribution in [0.1, 0.15) is 32.1 Å². The third-order valence-corrected chi connectivity index (χ3v) is 5.99. The molecule has 0 saturated heterocycles. The molecular formula is C22H28N5+. The van der Waals surface area contributed by atoms with E-state index in [1.165, 1.54) is 37.0 Å². The number of likely N-dealkylation sites (N-methyl/N-ethyl adjacent to an activating group) is 1. The maximum Gasteiger partial charge on any atom is 0.163 e. The first-order chi connectivity index (χ1) is 13.2. The predicted molar refractivity (Wildman–Crippen MR) is 110 cm³/mol. The standard InChI is InChI=1S/C22H27N5/c1-27(2)22(12-6-3-7-13-22)16-24-21-18-10-4-5-11-19(18)25-20(26-21)17-9-8-14-23-15-17/h4-5,8-11,14-15H,3,6-7,12-13,16H2,1-2H3,(H,24,25,26)/p+1. The van der Waals surface area contributed by atoms with Crippen LogP contribution in [-0.2, 0) is 0 Å². The molecule has 1 fully saturated rings. The van der Waals surface area contributed by atoms with Gasteiger partial charge < -0.3 is 10.2 Å². The van der Waals surface area contributed by atoms with Crippen molar-refractivity contribution in [1.29, 1.82) is 0 Å². The topological polar surface area (TPSA) is 55.1 Å². The van der Waals surface area contributed by atoms with Crippen molar-refractivity contribution in [2.24, 2.45) is 0 Å². The van der Waals surface area contributed by atoms with Crippen molar-refractivity contribution in [3.63, 3.8) is 0 Å². The quantitative estimate of drug-likeness (QED) is 0.733. The Morgan fingerprint density at radius 1 is 1.00 bits per heavy atom. The van der Waals surface area contributed by atoms with Gasteiger partial charge in [-0.3, -0.25) is 4.98 Å². The van der Waals surface area contributed by atoms with Gasteiger partial charge in [-0.25, -0.2) is 9.97 Å². The van der Waals surface area contributed by atoms with E-state index in [1.54, 1.807) is 6.20 Å². The number of rotatable bonds is 5. The number of aromatic nitrogens is 3. The highest BCUT2D eigenvalue weighted by Gasteiger charge is 2.38. The largest absolute Gasteiger partial charge is 0.363 e. The Morgan fingerprint density at radius 3 is 2.56 bits per heavy atom. The normalized spacial score (nSPS) is 16.6. The molecular weight excluding hydrogens is 334 g/mol. The van der Waals surface area contributed by atoms with Crippen LogP contribution in [0.3, 0.4) is 0 Å². The van der Waals surface area contributed by atoms with Gasteiger partial charge in [0.25, 0.3) is 0 Å². The van der Waals surface area contributed by atoms with E-state index in [4.69, 9.17) is 9.97 Å². The number of para-hydroxylation sites is 1. The van der Waals surface area contributed by atoms with Crippen LogP contribution in [0.5, 0.6) is 0 Å². The maximum atomic E-state index is 4.87. The number of anilines is 1. The summed E-state index contributed by atoms with van der Waals surface area (Å²) < 4.78 is 0. The Hall–Kier alpha value is -2.53. The van der Waals surface area contributed by atoms with Crippen LogP contribution in [0.4, 0.5) is 5.82 Å². The first kappa shape index (κ1) is 17.9. The van der Waals surface area contributed by atoms with Crippen molar-refractivity contribution in [1.82, 2.24) is 15.0 Å². The molecule has 3 aromatic rings. The van der Waals surface area contributed by atoms with Gasteiger partial charge in [-0.1, -0.05) is 18.6 Å². The van der Waals surface area contributed by atoms with E-state index in [0.717, 1.165) is 34.7 Å². The van der Waals surface area contributed by atoms with Crippen molar-refractivity contribution >= 4 is 16.7 Å². The van der Waals surface area contributed by atoms with Crippen LogP contribution < -0.4 is 10.2 Å². The zero-order chi connectivity index (χ0) is 18.7. The molecule has 4 rings (SSSR count). The molecule has 2 N–H and O–H groups in total. The van der Waals surface area contributed by atoms with Gasteiger partial charge in [-0.05, 0) is 37.1 Å². The fraction of sp³-hybridized carbons (Fsp3) is 0.409. The van der Waals surface area contributed by atoms with Crippen LogP contribution >= 0.6 is 0 Å². The van der Waals surface area contributed by atoms with Crippen molar-refractivity contribution < 1.29 is 4.90 Å². The summed E-state index contributed by atoms with van der Waals surface area (Å²) in [5, 5.41) is 4.77. The molecule has 27 heavy (non-hydrogen) atoms. The lowest BCUT2D eigenvalue weighted by Crippen LogP contribution is -3.16. The summed E-state index contributed by atoms with van der Waals surface area (Å²) in [4.78, 5) is 15.4. The number of hydrogen-bond acceptors (Lipinski definition) is 4. The van der Waals surface area contributed by atoms with Gasteiger partial charge in [-0.2, -0.15) is 0 Å². The Balaban J connectivity index is 1.70. The lowest BCUT2D eigenvalue weighted by molar-refractivity contribution is -0.915. The van der Waals surface area contributed by atoms with Gasteiger partial charge in [0.1, 0.15) is 11.4 Å². The van der Waals surface area contributed by atoms with Crippen LogP contribution in [0, 0.1) is 0 Å². The van der Waals surface area contributed by atoms with Gasteiger partial charge >= 0.3 is 0 Å². The molecule has 5 heteroatoms. The summed E-state index contributed by atoms with van der Waals surface area (Å²) in [7, 11) is 4.57. The molecule has 1 aliphatic rings. The first-order valence-corrected chi connectivity index (χ1v) is 9.90. The summed E-state index contributed by atoms with van der Waals surface area (Å²) in [6.45, 7) is 0.933. The zero-order valence-corrected chi connectivity index (χ0v) is 16.2. The van der Waals surface area contributed by atoms with E-state index < -0.39 is 0 Å². The molecule has 0 bridgehead atoms. The number of nitrogens with zero attached hydrogens (tertiary/aromatic N) is 3.